The van der Waals surface area contributed by atoms with Crippen LogP contribution < -0.4 is 15.6 Å². The fourth-order valence-corrected chi connectivity index (χ4v) is 3.74. The van der Waals surface area contributed by atoms with Gasteiger partial charge < -0.3 is 25.3 Å². The van der Waals surface area contributed by atoms with E-state index in [1.165, 1.54) is 16.9 Å². The van der Waals surface area contributed by atoms with Crippen molar-refractivity contribution in [1.82, 2.24) is 24.5 Å². The summed E-state index contributed by atoms with van der Waals surface area (Å²) in [5.41, 5.74) is 0.437. The van der Waals surface area contributed by atoms with Gasteiger partial charge in [0, 0.05) is 35.4 Å². The molecule has 0 spiro atoms. The predicted octanol–water partition coefficient (Wildman–Crippen LogP) is 2.29. The van der Waals surface area contributed by atoms with Crippen molar-refractivity contribution in [2.75, 3.05) is 11.9 Å². The third-order valence-corrected chi connectivity index (χ3v) is 5.38. The van der Waals surface area contributed by atoms with Gasteiger partial charge in [0.25, 0.3) is 11.5 Å². The average molecular weight is 481 g/mol. The maximum Gasteiger partial charge on any atom is 0.271 e. The van der Waals surface area contributed by atoms with Crippen LogP contribution in [0.5, 0.6) is 11.5 Å². The summed E-state index contributed by atoms with van der Waals surface area (Å²) in [5.74, 6) is 0.790. The van der Waals surface area contributed by atoms with E-state index in [9.17, 15) is 14.7 Å². The quantitative estimate of drug-likeness (QED) is 0.272. The number of aromatic nitrogens is 5. The first-order valence-electron chi connectivity index (χ1n) is 11.3. The second-order valence-corrected chi connectivity index (χ2v) is 8.67. The fraction of sp³-hybridized carbons (Fsp3) is 0.333. The van der Waals surface area contributed by atoms with Crippen molar-refractivity contribution in [2.45, 2.75) is 39.0 Å². The Morgan fingerprint density at radius 3 is 2.83 bits per heavy atom. The molecule has 1 amide bonds. The van der Waals surface area contributed by atoms with E-state index in [4.69, 9.17) is 9.84 Å². The Hall–Kier alpha value is -3.96. The van der Waals surface area contributed by atoms with Crippen LogP contribution in [0.2, 0.25) is 0 Å². The Morgan fingerprint density at radius 1 is 1.26 bits per heavy atom. The van der Waals surface area contributed by atoms with E-state index in [1.54, 1.807) is 24.5 Å². The maximum atomic E-state index is 13.1. The van der Waals surface area contributed by atoms with Crippen LogP contribution in [0.25, 0.3) is 10.9 Å². The number of nitrogens with zero attached hydrogens (tertiary/aromatic N) is 4. The van der Waals surface area contributed by atoms with Crippen molar-refractivity contribution < 1.29 is 19.7 Å². The highest BCUT2D eigenvalue weighted by Crippen LogP contribution is 2.28. The Kier molecular flexibility index (Phi) is 7.28. The Bertz CT molecular complexity index is 1360. The van der Waals surface area contributed by atoms with E-state index >= 15 is 0 Å². The van der Waals surface area contributed by atoms with Crippen LogP contribution in [0.15, 0.2) is 59.8 Å². The highest BCUT2D eigenvalue weighted by molar-refractivity contribution is 5.92. The van der Waals surface area contributed by atoms with E-state index < -0.39 is 30.2 Å². The molecule has 4 N–H and O–H groups in total. The number of anilines is 1. The minimum atomic E-state index is -0.958. The van der Waals surface area contributed by atoms with Gasteiger partial charge in [0.05, 0.1) is 25.5 Å². The Labute approximate surface area is 201 Å². The van der Waals surface area contributed by atoms with E-state index in [0.29, 0.717) is 12.2 Å². The fourth-order valence-electron chi connectivity index (χ4n) is 3.74. The largest absolute Gasteiger partial charge is 0.455 e. The molecule has 1 aromatic carbocycles. The molecule has 0 aliphatic heterocycles. The van der Waals surface area contributed by atoms with Crippen molar-refractivity contribution in [1.29, 1.82) is 0 Å². The van der Waals surface area contributed by atoms with Gasteiger partial charge in [-0.15, -0.1) is 0 Å². The summed E-state index contributed by atoms with van der Waals surface area (Å²) in [5, 5.41) is 30.6. The van der Waals surface area contributed by atoms with Crippen LogP contribution in [-0.4, -0.2) is 53.4 Å². The summed E-state index contributed by atoms with van der Waals surface area (Å²) in [4.78, 5) is 29.2. The standard InChI is InChI=1S/C24H28N6O5/c1-15(2)10-20(24(34)27-22-7-9-29(28-22)13-16(32)14-31)30-23(33)11-17(12-26-30)35-21-5-3-4-19-18(21)6-8-25-19/h3-9,11-12,15-16,20,25,31-32H,10,13-14H2,1-2H3,(H,27,28,34)/t16-,20?/m1/s1. The number of carbonyl (C=O) groups excluding carboxylic acids is 1. The predicted molar refractivity (Wildman–Crippen MR) is 129 cm³/mol. The molecule has 2 atom stereocenters. The second-order valence-electron chi connectivity index (χ2n) is 8.67. The third-order valence-electron chi connectivity index (χ3n) is 5.38. The number of H-pyrrole nitrogens is 1. The lowest BCUT2D eigenvalue weighted by molar-refractivity contribution is -0.120. The Balaban J connectivity index is 1.53. The number of nitrogens with one attached hydrogen (secondary N) is 2. The molecule has 1 unspecified atom stereocenters. The third kappa shape index (κ3) is 5.76. The molecule has 0 saturated carbocycles. The van der Waals surface area contributed by atoms with Gasteiger partial charge in [0.15, 0.2) is 11.6 Å². The normalized spacial score (nSPS) is 13.2. The smallest absolute Gasteiger partial charge is 0.271 e. The first-order valence-corrected chi connectivity index (χ1v) is 11.3. The summed E-state index contributed by atoms with van der Waals surface area (Å²) in [6.45, 7) is 3.59. The molecule has 0 aliphatic carbocycles. The van der Waals surface area contributed by atoms with Gasteiger partial charge in [-0.1, -0.05) is 19.9 Å². The molecule has 184 valence electrons. The highest BCUT2D eigenvalue weighted by Gasteiger charge is 2.25. The number of fused-ring (bicyclic) bond motifs is 1. The summed E-state index contributed by atoms with van der Waals surface area (Å²) >= 11 is 0. The van der Waals surface area contributed by atoms with E-state index in [0.717, 1.165) is 15.6 Å². The van der Waals surface area contributed by atoms with Crippen molar-refractivity contribution in [2.24, 2.45) is 5.92 Å². The van der Waals surface area contributed by atoms with Crippen molar-refractivity contribution in [3.8, 4) is 11.5 Å². The molecule has 4 aromatic rings. The average Bonchev–Trinajstić information content (AvgIpc) is 3.47. The molecule has 0 aliphatic rings. The van der Waals surface area contributed by atoms with Crippen LogP contribution in [0.4, 0.5) is 5.82 Å². The van der Waals surface area contributed by atoms with Gasteiger partial charge >= 0.3 is 0 Å². The maximum absolute atomic E-state index is 13.1. The highest BCUT2D eigenvalue weighted by atomic mass is 16.5. The van der Waals surface area contributed by atoms with E-state index in [2.05, 4.69) is 20.5 Å². The van der Waals surface area contributed by atoms with Crippen LogP contribution in [0, 0.1) is 5.92 Å². The van der Waals surface area contributed by atoms with E-state index in [-0.39, 0.29) is 24.0 Å². The molecule has 11 heteroatoms. The van der Waals surface area contributed by atoms with Crippen LogP contribution in [0.1, 0.15) is 26.3 Å². The zero-order valence-corrected chi connectivity index (χ0v) is 19.5. The molecule has 3 heterocycles. The SMILES string of the molecule is CC(C)CC(C(=O)Nc1ccn(C[C@@H](O)CO)n1)n1ncc(Oc2cccc3[nH]ccc23)cc1=O. The zero-order chi connectivity index (χ0) is 24.9. The van der Waals surface area contributed by atoms with Gasteiger partial charge in [0.1, 0.15) is 11.8 Å². The topological polar surface area (TPSA) is 147 Å². The van der Waals surface area contributed by atoms with E-state index in [1.807, 2.05) is 32.0 Å². The summed E-state index contributed by atoms with van der Waals surface area (Å²) in [7, 11) is 0. The number of carbonyl (C=O) groups is 1. The van der Waals surface area contributed by atoms with Gasteiger partial charge in [-0.25, -0.2) is 4.68 Å². The van der Waals surface area contributed by atoms with Gasteiger partial charge in [-0.3, -0.25) is 14.3 Å². The van der Waals surface area contributed by atoms with Crippen molar-refractivity contribution in [3.05, 3.63) is 65.3 Å². The summed E-state index contributed by atoms with van der Waals surface area (Å²) < 4.78 is 8.46. The minimum Gasteiger partial charge on any atom is -0.455 e. The lowest BCUT2D eigenvalue weighted by atomic mass is 10.0. The zero-order valence-electron chi connectivity index (χ0n) is 19.5. The summed E-state index contributed by atoms with van der Waals surface area (Å²) in [6.07, 6.45) is 4.22. The number of benzene rings is 1. The number of hydrogen-bond acceptors (Lipinski definition) is 7. The lowest BCUT2D eigenvalue weighted by Crippen LogP contribution is -2.35. The number of aromatic amines is 1. The van der Waals surface area contributed by atoms with Gasteiger partial charge in [-0.05, 0) is 30.5 Å². The second kappa shape index (κ2) is 10.5. The number of hydrogen-bond donors (Lipinski definition) is 4. The number of aliphatic hydroxyl groups excluding tert-OH is 2. The summed E-state index contributed by atoms with van der Waals surface area (Å²) in [6, 6.07) is 9.47. The van der Waals surface area contributed by atoms with Crippen LogP contribution >= 0.6 is 0 Å². The molecule has 4 rings (SSSR count). The number of aliphatic hydroxyl groups is 2. The van der Waals surface area contributed by atoms with Crippen molar-refractivity contribution in [3.63, 3.8) is 0 Å². The lowest BCUT2D eigenvalue weighted by Gasteiger charge is -2.19. The van der Waals surface area contributed by atoms with Gasteiger partial charge in [0.2, 0.25) is 0 Å². The molecular formula is C24H28N6O5. The number of ether oxygens (including phenoxy) is 1. The molecule has 0 bridgehead atoms. The Morgan fingerprint density at radius 2 is 2.09 bits per heavy atom. The van der Waals surface area contributed by atoms with Gasteiger partial charge in [-0.2, -0.15) is 10.2 Å². The van der Waals surface area contributed by atoms with Crippen molar-refractivity contribution >= 4 is 22.6 Å². The molecule has 0 radical (unpaired) electrons. The van der Waals surface area contributed by atoms with Crippen LogP contribution in [0.3, 0.4) is 0 Å². The first-order chi connectivity index (χ1) is 16.8. The molecule has 3 aromatic heterocycles. The first kappa shape index (κ1) is 24.2. The minimum absolute atomic E-state index is 0.0841. The molecule has 0 fully saturated rings. The molecule has 11 nitrogen and oxygen atoms in total. The molecular weight excluding hydrogens is 452 g/mol. The number of amides is 1. The molecule has 35 heavy (non-hydrogen) atoms. The molecule has 0 saturated heterocycles. The van der Waals surface area contributed by atoms with Crippen LogP contribution in [-0.2, 0) is 11.3 Å². The number of rotatable bonds is 10. The monoisotopic (exact) mass is 480 g/mol.